The van der Waals surface area contributed by atoms with Crippen LogP contribution >= 0.6 is 11.6 Å². The maximum absolute atomic E-state index is 12.6. The first-order valence-electron chi connectivity index (χ1n) is 9.43. The fourth-order valence-corrected chi connectivity index (χ4v) is 5.63. The summed E-state index contributed by atoms with van der Waals surface area (Å²) in [5, 5.41) is 9.00. The zero-order valence-electron chi connectivity index (χ0n) is 15.9. The van der Waals surface area contributed by atoms with Crippen LogP contribution in [0.1, 0.15) is 11.3 Å². The van der Waals surface area contributed by atoms with Gasteiger partial charge in [0.15, 0.2) is 0 Å². The lowest BCUT2D eigenvalue weighted by atomic mass is 10.2. The van der Waals surface area contributed by atoms with Crippen molar-refractivity contribution in [2.45, 2.75) is 19.1 Å². The predicted octanol–water partition coefficient (Wildman–Crippen LogP) is 0.741. The second-order valence-corrected chi connectivity index (χ2v) is 10.0. The molecule has 1 aromatic carbocycles. The standard InChI is InChI=1S/C18H25ClN6O2S/c1-22-6-8-23(9-7-22)18-13-25(28(26,27)14-18)12-17-11-24(21-20-17)10-15-2-4-16(19)5-3-15/h2-5,11,18H,6-10,12-14H2,1H3. The minimum absolute atomic E-state index is 0.0582. The van der Waals surface area contributed by atoms with Crippen molar-refractivity contribution in [3.05, 3.63) is 46.7 Å². The molecule has 8 nitrogen and oxygen atoms in total. The molecule has 0 aliphatic carbocycles. The monoisotopic (exact) mass is 424 g/mol. The Kier molecular flexibility index (Phi) is 5.71. The van der Waals surface area contributed by atoms with Gasteiger partial charge in [-0.1, -0.05) is 28.9 Å². The minimum atomic E-state index is -3.27. The number of hydrogen-bond acceptors (Lipinski definition) is 6. The van der Waals surface area contributed by atoms with E-state index in [4.69, 9.17) is 11.6 Å². The molecule has 4 rings (SSSR count). The highest BCUT2D eigenvalue weighted by Gasteiger charge is 2.39. The minimum Gasteiger partial charge on any atom is -0.304 e. The molecule has 152 valence electrons. The molecule has 0 amide bonds. The van der Waals surface area contributed by atoms with E-state index in [1.54, 1.807) is 8.99 Å². The van der Waals surface area contributed by atoms with Crippen LogP contribution < -0.4 is 0 Å². The van der Waals surface area contributed by atoms with Crippen molar-refractivity contribution in [2.24, 2.45) is 0 Å². The Labute approximate surface area is 170 Å². The molecule has 0 N–H and O–H groups in total. The van der Waals surface area contributed by atoms with E-state index >= 15 is 0 Å². The molecule has 0 bridgehead atoms. The summed E-state index contributed by atoms with van der Waals surface area (Å²) in [5.74, 6) is 0.190. The molecule has 1 aromatic heterocycles. The fourth-order valence-electron chi connectivity index (χ4n) is 3.77. The van der Waals surface area contributed by atoms with Gasteiger partial charge < -0.3 is 4.90 Å². The van der Waals surface area contributed by atoms with Gasteiger partial charge in [0.05, 0.1) is 30.7 Å². The maximum Gasteiger partial charge on any atom is 0.216 e. The number of hydrogen-bond donors (Lipinski definition) is 0. The van der Waals surface area contributed by atoms with Gasteiger partial charge in [0.2, 0.25) is 10.0 Å². The Morgan fingerprint density at radius 1 is 1.11 bits per heavy atom. The number of piperazine rings is 1. The largest absolute Gasteiger partial charge is 0.304 e. The zero-order valence-corrected chi connectivity index (χ0v) is 17.5. The molecule has 2 aromatic rings. The van der Waals surface area contributed by atoms with Crippen molar-refractivity contribution in [3.63, 3.8) is 0 Å². The van der Waals surface area contributed by atoms with Crippen molar-refractivity contribution in [1.29, 1.82) is 0 Å². The van der Waals surface area contributed by atoms with Crippen LogP contribution in [0.4, 0.5) is 0 Å². The fraction of sp³-hybridized carbons (Fsp3) is 0.556. The molecule has 2 aliphatic rings. The first-order chi connectivity index (χ1) is 13.4. The lowest BCUT2D eigenvalue weighted by Gasteiger charge is -2.35. The Bertz CT molecular complexity index is 908. The van der Waals surface area contributed by atoms with Gasteiger partial charge in [-0.15, -0.1) is 5.10 Å². The number of sulfonamides is 1. The van der Waals surface area contributed by atoms with Crippen molar-refractivity contribution >= 4 is 21.6 Å². The summed E-state index contributed by atoms with van der Waals surface area (Å²) < 4.78 is 28.5. The Hall–Kier alpha value is -1.52. The van der Waals surface area contributed by atoms with Crippen LogP contribution in [0.2, 0.25) is 5.02 Å². The first kappa shape index (κ1) is 19.8. The average Bonchev–Trinajstić information content (AvgIpc) is 3.22. The number of aromatic nitrogens is 3. The van der Waals surface area contributed by atoms with E-state index in [0.717, 1.165) is 31.7 Å². The van der Waals surface area contributed by atoms with E-state index in [1.807, 2.05) is 30.5 Å². The van der Waals surface area contributed by atoms with E-state index in [0.29, 0.717) is 23.8 Å². The van der Waals surface area contributed by atoms with Crippen molar-refractivity contribution < 1.29 is 8.42 Å². The number of rotatable bonds is 5. The van der Waals surface area contributed by atoms with Crippen molar-refractivity contribution in [1.82, 2.24) is 29.1 Å². The second kappa shape index (κ2) is 8.08. The van der Waals surface area contributed by atoms with Gasteiger partial charge in [-0.05, 0) is 24.7 Å². The maximum atomic E-state index is 12.6. The molecule has 2 fully saturated rings. The molecule has 1 unspecified atom stereocenters. The van der Waals surface area contributed by atoms with Gasteiger partial charge >= 0.3 is 0 Å². The topological polar surface area (TPSA) is 74.6 Å². The summed E-state index contributed by atoms with van der Waals surface area (Å²) in [5.41, 5.74) is 1.72. The molecule has 10 heteroatoms. The molecule has 0 radical (unpaired) electrons. The highest BCUT2D eigenvalue weighted by Crippen LogP contribution is 2.22. The Morgan fingerprint density at radius 2 is 1.82 bits per heavy atom. The molecule has 0 spiro atoms. The van der Waals surface area contributed by atoms with E-state index in [2.05, 4.69) is 27.2 Å². The van der Waals surface area contributed by atoms with Gasteiger partial charge in [0.25, 0.3) is 0 Å². The highest BCUT2D eigenvalue weighted by molar-refractivity contribution is 7.89. The summed E-state index contributed by atoms with van der Waals surface area (Å²) in [6, 6.07) is 7.61. The van der Waals surface area contributed by atoms with E-state index in [-0.39, 0.29) is 18.3 Å². The highest BCUT2D eigenvalue weighted by atomic mass is 35.5. The van der Waals surface area contributed by atoms with E-state index < -0.39 is 10.0 Å². The van der Waals surface area contributed by atoms with Gasteiger partial charge in [0.1, 0.15) is 0 Å². The summed E-state index contributed by atoms with van der Waals surface area (Å²) in [4.78, 5) is 4.58. The predicted molar refractivity (Wildman–Crippen MR) is 108 cm³/mol. The molecule has 0 saturated carbocycles. The molecular weight excluding hydrogens is 400 g/mol. The van der Waals surface area contributed by atoms with E-state index in [9.17, 15) is 8.42 Å². The Morgan fingerprint density at radius 3 is 2.54 bits per heavy atom. The quantitative estimate of drug-likeness (QED) is 0.704. The third-order valence-corrected chi connectivity index (χ3v) is 7.57. The van der Waals surface area contributed by atoms with E-state index in [1.165, 1.54) is 0 Å². The summed E-state index contributed by atoms with van der Waals surface area (Å²) >= 11 is 5.91. The summed E-state index contributed by atoms with van der Waals surface area (Å²) in [6.45, 7) is 5.17. The molecule has 1 atom stereocenters. The van der Waals surface area contributed by atoms with Crippen molar-refractivity contribution in [3.8, 4) is 0 Å². The molecule has 3 heterocycles. The molecular formula is C18H25ClN6O2S. The number of likely N-dealkylation sites (N-methyl/N-ethyl adjacent to an activating group) is 1. The van der Waals surface area contributed by atoms with Gasteiger partial charge in [0, 0.05) is 43.8 Å². The van der Waals surface area contributed by atoms with Crippen LogP contribution in [0.25, 0.3) is 0 Å². The van der Waals surface area contributed by atoms with Gasteiger partial charge in [-0.2, -0.15) is 4.31 Å². The molecule has 2 saturated heterocycles. The molecule has 2 aliphatic heterocycles. The second-order valence-electron chi connectivity index (χ2n) is 7.60. The lowest BCUT2D eigenvalue weighted by molar-refractivity contribution is 0.116. The normalized spacial score (nSPS) is 24.0. The summed E-state index contributed by atoms with van der Waals surface area (Å²) in [7, 11) is -1.17. The van der Waals surface area contributed by atoms with Crippen LogP contribution in [-0.2, 0) is 23.1 Å². The number of halogens is 1. The number of benzene rings is 1. The third-order valence-electron chi connectivity index (χ3n) is 5.45. The summed E-state index contributed by atoms with van der Waals surface area (Å²) in [6.07, 6.45) is 1.81. The van der Waals surface area contributed by atoms with Crippen LogP contribution in [0, 0.1) is 0 Å². The average molecular weight is 425 g/mol. The zero-order chi connectivity index (χ0) is 19.7. The number of nitrogens with zero attached hydrogens (tertiary/aromatic N) is 6. The Balaban J connectivity index is 1.38. The van der Waals surface area contributed by atoms with Crippen LogP contribution in [0.5, 0.6) is 0 Å². The van der Waals surface area contributed by atoms with Gasteiger partial charge in [-0.3, -0.25) is 4.90 Å². The first-order valence-corrected chi connectivity index (χ1v) is 11.4. The van der Waals surface area contributed by atoms with Crippen LogP contribution in [0.15, 0.2) is 30.5 Å². The third kappa shape index (κ3) is 4.55. The van der Waals surface area contributed by atoms with Gasteiger partial charge in [-0.25, -0.2) is 13.1 Å². The van der Waals surface area contributed by atoms with Crippen LogP contribution in [-0.4, -0.2) is 89.1 Å². The van der Waals surface area contributed by atoms with Crippen molar-refractivity contribution in [2.75, 3.05) is 45.5 Å². The SMILES string of the molecule is CN1CCN(C2CN(Cc3cn(Cc4ccc(Cl)cc4)nn3)S(=O)(=O)C2)CC1. The smallest absolute Gasteiger partial charge is 0.216 e. The van der Waals surface area contributed by atoms with Crippen LogP contribution in [0.3, 0.4) is 0 Å². The lowest BCUT2D eigenvalue weighted by Crippen LogP contribution is -2.50. The molecule has 28 heavy (non-hydrogen) atoms.